The Morgan fingerprint density at radius 3 is 3.00 bits per heavy atom. The predicted octanol–water partition coefficient (Wildman–Crippen LogP) is 1.44. The van der Waals surface area contributed by atoms with Crippen molar-refractivity contribution in [1.82, 2.24) is 0 Å². The van der Waals surface area contributed by atoms with Gasteiger partial charge in [0.1, 0.15) is 0 Å². The molecular weight excluding hydrogens is 154 g/mol. The molecule has 0 aromatic heterocycles. The summed E-state index contributed by atoms with van der Waals surface area (Å²) in [7, 11) is 0. The fourth-order valence-electron chi connectivity index (χ4n) is 1.01. The van der Waals surface area contributed by atoms with Crippen LogP contribution in [0.1, 0.15) is 12.8 Å². The van der Waals surface area contributed by atoms with Crippen LogP contribution in [0.25, 0.3) is 0 Å². The van der Waals surface area contributed by atoms with E-state index in [4.69, 9.17) is 21.5 Å². The fraction of sp³-hybridized carbons (Fsp3) is 0.833. The molecule has 0 aromatic carbocycles. The van der Waals surface area contributed by atoms with E-state index >= 15 is 0 Å². The molecule has 1 aliphatic rings. The van der Waals surface area contributed by atoms with E-state index in [1.165, 1.54) is 0 Å². The summed E-state index contributed by atoms with van der Waals surface area (Å²) in [6.07, 6.45) is 1.96. The van der Waals surface area contributed by atoms with Gasteiger partial charge in [-0.1, -0.05) is 16.8 Å². The highest BCUT2D eigenvalue weighted by Gasteiger charge is 2.18. The van der Waals surface area contributed by atoms with Crippen molar-refractivity contribution in [2.24, 2.45) is 11.1 Å². The molecule has 4 heteroatoms. The Morgan fingerprint density at radius 2 is 2.50 bits per heavy atom. The Balaban J connectivity index is 2.39. The molecule has 0 bridgehead atoms. The number of rotatable bonds is 1. The van der Waals surface area contributed by atoms with Crippen molar-refractivity contribution in [2.75, 3.05) is 13.2 Å². The monoisotopic (exact) mass is 163 g/mol. The highest BCUT2D eigenvalue weighted by molar-refractivity contribution is 6.65. The van der Waals surface area contributed by atoms with E-state index in [0.717, 1.165) is 19.4 Å². The second-order valence-electron chi connectivity index (χ2n) is 2.34. The lowest BCUT2D eigenvalue weighted by Crippen LogP contribution is -2.22. The van der Waals surface area contributed by atoms with Crippen LogP contribution in [0.5, 0.6) is 0 Å². The molecule has 1 rings (SSSR count). The molecule has 0 spiro atoms. The van der Waals surface area contributed by atoms with Crippen molar-refractivity contribution >= 4 is 16.8 Å². The molecule has 1 unspecified atom stereocenters. The van der Waals surface area contributed by atoms with Crippen molar-refractivity contribution < 1.29 is 9.94 Å². The van der Waals surface area contributed by atoms with Crippen molar-refractivity contribution in [2.45, 2.75) is 12.8 Å². The molecule has 1 N–H and O–H groups in total. The van der Waals surface area contributed by atoms with Gasteiger partial charge in [-0.2, -0.15) is 0 Å². The Bertz CT molecular complexity index is 132. The van der Waals surface area contributed by atoms with Gasteiger partial charge in [-0.05, 0) is 12.8 Å². The lowest BCUT2D eigenvalue weighted by atomic mass is 10.0. The average Bonchev–Trinajstić information content (AvgIpc) is 2.05. The molecule has 10 heavy (non-hydrogen) atoms. The van der Waals surface area contributed by atoms with Gasteiger partial charge in [-0.3, -0.25) is 0 Å². The van der Waals surface area contributed by atoms with Crippen molar-refractivity contribution in [1.29, 1.82) is 0 Å². The van der Waals surface area contributed by atoms with Crippen LogP contribution >= 0.6 is 11.6 Å². The summed E-state index contributed by atoms with van der Waals surface area (Å²) in [6.45, 7) is 1.38. The summed E-state index contributed by atoms with van der Waals surface area (Å²) in [5.41, 5.74) is 0. The molecule has 1 heterocycles. The number of hydrogen-bond donors (Lipinski definition) is 1. The minimum absolute atomic E-state index is 0.111. The zero-order chi connectivity index (χ0) is 7.40. The third-order valence-corrected chi connectivity index (χ3v) is 1.98. The van der Waals surface area contributed by atoms with Crippen molar-refractivity contribution in [3.8, 4) is 0 Å². The largest absolute Gasteiger partial charge is 0.410 e. The van der Waals surface area contributed by atoms with Crippen LogP contribution < -0.4 is 0 Å². The zero-order valence-corrected chi connectivity index (χ0v) is 6.34. The van der Waals surface area contributed by atoms with Crippen LogP contribution in [0.3, 0.4) is 0 Å². The van der Waals surface area contributed by atoms with Gasteiger partial charge in [0, 0.05) is 12.5 Å². The average molecular weight is 164 g/mol. The number of nitrogens with zero attached hydrogens (tertiary/aromatic N) is 1. The minimum atomic E-state index is 0.111. The smallest absolute Gasteiger partial charge is 0.150 e. The normalized spacial score (nSPS) is 28.5. The highest BCUT2D eigenvalue weighted by atomic mass is 35.5. The summed E-state index contributed by atoms with van der Waals surface area (Å²) in [4.78, 5) is 0. The number of oxime groups is 1. The third-order valence-electron chi connectivity index (χ3n) is 1.59. The van der Waals surface area contributed by atoms with Crippen LogP contribution in [-0.4, -0.2) is 23.6 Å². The maximum absolute atomic E-state index is 8.29. The molecule has 1 atom stereocenters. The molecule has 0 radical (unpaired) electrons. The highest BCUT2D eigenvalue weighted by Crippen LogP contribution is 2.16. The summed E-state index contributed by atoms with van der Waals surface area (Å²) in [5.74, 6) is 0.111. The third kappa shape index (κ3) is 1.85. The lowest BCUT2D eigenvalue weighted by molar-refractivity contribution is 0.0767. The lowest BCUT2D eigenvalue weighted by Gasteiger charge is -2.19. The standard InChI is InChI=1S/C6H10ClNO2/c7-6(8-9)5-2-1-3-10-4-5/h5,9H,1-4H2. The molecule has 1 fully saturated rings. The molecule has 58 valence electrons. The van der Waals surface area contributed by atoms with E-state index in [2.05, 4.69) is 5.16 Å². The second-order valence-corrected chi connectivity index (χ2v) is 2.72. The summed E-state index contributed by atoms with van der Waals surface area (Å²) >= 11 is 5.56. The summed E-state index contributed by atoms with van der Waals surface area (Å²) in [5, 5.41) is 11.5. The van der Waals surface area contributed by atoms with E-state index in [1.807, 2.05) is 0 Å². The minimum Gasteiger partial charge on any atom is -0.410 e. The van der Waals surface area contributed by atoms with Gasteiger partial charge >= 0.3 is 0 Å². The van der Waals surface area contributed by atoms with E-state index in [0.29, 0.717) is 6.61 Å². The molecule has 0 aliphatic carbocycles. The van der Waals surface area contributed by atoms with Gasteiger partial charge in [-0.25, -0.2) is 0 Å². The molecule has 0 saturated carbocycles. The predicted molar refractivity (Wildman–Crippen MR) is 38.6 cm³/mol. The van der Waals surface area contributed by atoms with Crippen LogP contribution in [0.15, 0.2) is 5.16 Å². The quantitative estimate of drug-likeness (QED) is 0.361. The Kier molecular flexibility index (Phi) is 2.96. The fourth-order valence-corrected chi connectivity index (χ4v) is 1.18. The maximum Gasteiger partial charge on any atom is 0.150 e. The molecule has 1 aliphatic heterocycles. The van der Waals surface area contributed by atoms with Gasteiger partial charge in [0.2, 0.25) is 0 Å². The second kappa shape index (κ2) is 3.78. The molecule has 1 saturated heterocycles. The Labute approximate surface area is 64.6 Å². The number of halogens is 1. The molecule has 0 aromatic rings. The van der Waals surface area contributed by atoms with Gasteiger partial charge in [-0.15, -0.1) is 0 Å². The van der Waals surface area contributed by atoms with Crippen LogP contribution in [0.4, 0.5) is 0 Å². The van der Waals surface area contributed by atoms with Gasteiger partial charge in [0.25, 0.3) is 0 Å². The first-order valence-corrected chi connectivity index (χ1v) is 3.67. The SMILES string of the molecule is ON=C(Cl)C1CCCOC1. The number of ether oxygens (including phenoxy) is 1. The van der Waals surface area contributed by atoms with Gasteiger partial charge in [0.15, 0.2) is 5.17 Å². The first-order chi connectivity index (χ1) is 4.84. The molecular formula is C6H10ClNO2. The van der Waals surface area contributed by atoms with Gasteiger partial charge < -0.3 is 9.94 Å². The summed E-state index contributed by atoms with van der Waals surface area (Å²) in [6, 6.07) is 0. The first-order valence-electron chi connectivity index (χ1n) is 3.30. The Hall–Kier alpha value is -0.280. The zero-order valence-electron chi connectivity index (χ0n) is 5.59. The first kappa shape index (κ1) is 7.82. The topological polar surface area (TPSA) is 41.8 Å². The van der Waals surface area contributed by atoms with E-state index in [9.17, 15) is 0 Å². The van der Waals surface area contributed by atoms with Gasteiger partial charge in [0.05, 0.1) is 6.61 Å². The van der Waals surface area contributed by atoms with Crippen molar-refractivity contribution in [3.63, 3.8) is 0 Å². The maximum atomic E-state index is 8.29. The van der Waals surface area contributed by atoms with E-state index < -0.39 is 0 Å². The summed E-state index contributed by atoms with van der Waals surface area (Å²) < 4.78 is 5.13. The van der Waals surface area contributed by atoms with E-state index in [1.54, 1.807) is 0 Å². The molecule has 0 amide bonds. The van der Waals surface area contributed by atoms with Crippen molar-refractivity contribution in [3.05, 3.63) is 0 Å². The Morgan fingerprint density at radius 1 is 1.70 bits per heavy atom. The van der Waals surface area contributed by atoms with E-state index in [-0.39, 0.29) is 11.1 Å². The van der Waals surface area contributed by atoms with Crippen LogP contribution in [-0.2, 0) is 4.74 Å². The van der Waals surface area contributed by atoms with Crippen LogP contribution in [0.2, 0.25) is 0 Å². The number of hydrogen-bond acceptors (Lipinski definition) is 3. The molecule has 3 nitrogen and oxygen atoms in total. The van der Waals surface area contributed by atoms with Crippen LogP contribution in [0, 0.1) is 5.92 Å².